The molecule has 0 saturated heterocycles. The lowest BCUT2D eigenvalue weighted by atomic mass is 10.1. The predicted molar refractivity (Wildman–Crippen MR) is 62.5 cm³/mol. The molecule has 2 nitrogen and oxygen atoms in total. The van der Waals surface area contributed by atoms with Gasteiger partial charge in [-0.3, -0.25) is 0 Å². The zero-order chi connectivity index (χ0) is 12.0. The van der Waals surface area contributed by atoms with Gasteiger partial charge >= 0.3 is 0 Å². The SMILES string of the molecule is CC(C)CNCCc1ccc(F)c(C#N)c1. The fourth-order valence-corrected chi connectivity index (χ4v) is 1.44. The molecular weight excluding hydrogens is 203 g/mol. The molecule has 1 aromatic carbocycles. The van der Waals surface area contributed by atoms with Gasteiger partial charge < -0.3 is 5.32 Å². The van der Waals surface area contributed by atoms with E-state index in [-0.39, 0.29) is 5.56 Å². The van der Waals surface area contributed by atoms with E-state index in [0.29, 0.717) is 5.92 Å². The molecule has 0 saturated carbocycles. The van der Waals surface area contributed by atoms with Gasteiger partial charge in [0.05, 0.1) is 5.56 Å². The Bertz CT molecular complexity index is 380. The molecule has 3 heteroatoms. The van der Waals surface area contributed by atoms with Gasteiger partial charge in [-0.25, -0.2) is 4.39 Å². The third-order valence-corrected chi connectivity index (χ3v) is 2.29. The van der Waals surface area contributed by atoms with Crippen molar-refractivity contribution in [3.05, 3.63) is 35.1 Å². The van der Waals surface area contributed by atoms with Gasteiger partial charge in [-0.05, 0) is 43.1 Å². The van der Waals surface area contributed by atoms with Crippen LogP contribution in [0.5, 0.6) is 0 Å². The number of benzene rings is 1. The molecule has 0 radical (unpaired) electrons. The standard InChI is InChI=1S/C13H17FN2/c1-10(2)9-16-6-5-11-3-4-13(14)12(7-11)8-15/h3-4,7,10,16H,5-6,9H2,1-2H3. The molecule has 86 valence electrons. The number of hydrogen-bond donors (Lipinski definition) is 1. The van der Waals surface area contributed by atoms with Crippen molar-refractivity contribution in [2.75, 3.05) is 13.1 Å². The number of halogens is 1. The van der Waals surface area contributed by atoms with E-state index in [9.17, 15) is 4.39 Å². The molecule has 0 aliphatic carbocycles. The average Bonchev–Trinajstić information content (AvgIpc) is 2.26. The van der Waals surface area contributed by atoms with E-state index in [0.717, 1.165) is 25.1 Å². The number of nitrogens with zero attached hydrogens (tertiary/aromatic N) is 1. The Balaban J connectivity index is 2.46. The summed E-state index contributed by atoms with van der Waals surface area (Å²) in [5.41, 5.74) is 1.12. The maximum atomic E-state index is 13.0. The molecule has 0 spiro atoms. The van der Waals surface area contributed by atoms with Gasteiger partial charge in [0.2, 0.25) is 0 Å². The Labute approximate surface area is 96.1 Å². The minimum absolute atomic E-state index is 0.126. The Kier molecular flexibility index (Phi) is 4.94. The minimum atomic E-state index is -0.443. The second-order valence-corrected chi connectivity index (χ2v) is 4.27. The summed E-state index contributed by atoms with van der Waals surface area (Å²) in [5.74, 6) is 0.185. The van der Waals surface area contributed by atoms with Crippen LogP contribution in [0.4, 0.5) is 4.39 Å². The van der Waals surface area contributed by atoms with Gasteiger partial charge in [0.25, 0.3) is 0 Å². The second-order valence-electron chi connectivity index (χ2n) is 4.27. The van der Waals surface area contributed by atoms with Crippen LogP contribution in [-0.4, -0.2) is 13.1 Å². The summed E-state index contributed by atoms with van der Waals surface area (Å²) in [6.45, 7) is 6.14. The van der Waals surface area contributed by atoms with Crippen molar-refractivity contribution >= 4 is 0 Å². The molecule has 1 N–H and O–H groups in total. The summed E-state index contributed by atoms with van der Waals surface area (Å²) < 4.78 is 13.0. The van der Waals surface area contributed by atoms with E-state index in [1.165, 1.54) is 6.07 Å². The van der Waals surface area contributed by atoms with Gasteiger partial charge in [0.15, 0.2) is 0 Å². The van der Waals surface area contributed by atoms with Crippen molar-refractivity contribution in [3.63, 3.8) is 0 Å². The summed E-state index contributed by atoms with van der Waals surface area (Å²) in [4.78, 5) is 0. The highest BCUT2D eigenvalue weighted by atomic mass is 19.1. The molecule has 0 unspecified atom stereocenters. The first kappa shape index (κ1) is 12.7. The predicted octanol–water partition coefficient (Wildman–Crippen LogP) is 2.49. The second kappa shape index (κ2) is 6.24. The number of hydrogen-bond acceptors (Lipinski definition) is 2. The third kappa shape index (κ3) is 4.00. The molecule has 0 aliphatic heterocycles. The van der Waals surface area contributed by atoms with Gasteiger partial charge in [0, 0.05) is 0 Å². The van der Waals surface area contributed by atoms with E-state index >= 15 is 0 Å². The van der Waals surface area contributed by atoms with Crippen molar-refractivity contribution in [2.24, 2.45) is 5.92 Å². The maximum absolute atomic E-state index is 13.0. The first-order valence-electron chi connectivity index (χ1n) is 5.52. The topological polar surface area (TPSA) is 35.8 Å². The zero-order valence-corrected chi connectivity index (χ0v) is 9.76. The Morgan fingerprint density at radius 3 is 2.81 bits per heavy atom. The molecule has 0 heterocycles. The zero-order valence-electron chi connectivity index (χ0n) is 9.76. The lowest BCUT2D eigenvalue weighted by Gasteiger charge is -2.07. The van der Waals surface area contributed by atoms with E-state index in [2.05, 4.69) is 19.2 Å². The van der Waals surface area contributed by atoms with Gasteiger partial charge in [-0.2, -0.15) is 5.26 Å². The monoisotopic (exact) mass is 220 g/mol. The van der Waals surface area contributed by atoms with Gasteiger partial charge in [0.1, 0.15) is 11.9 Å². The molecule has 1 rings (SSSR count). The van der Waals surface area contributed by atoms with Crippen LogP contribution in [0.1, 0.15) is 25.0 Å². The Morgan fingerprint density at radius 2 is 2.19 bits per heavy atom. The van der Waals surface area contributed by atoms with E-state index in [4.69, 9.17) is 5.26 Å². The summed E-state index contributed by atoms with van der Waals surface area (Å²) in [5, 5.41) is 12.0. The van der Waals surface area contributed by atoms with Crippen LogP contribution in [0.3, 0.4) is 0 Å². The first-order valence-corrected chi connectivity index (χ1v) is 5.52. The summed E-state index contributed by atoms with van der Waals surface area (Å²) in [6.07, 6.45) is 0.821. The third-order valence-electron chi connectivity index (χ3n) is 2.29. The fourth-order valence-electron chi connectivity index (χ4n) is 1.44. The van der Waals surface area contributed by atoms with E-state index < -0.39 is 5.82 Å². The Morgan fingerprint density at radius 1 is 1.44 bits per heavy atom. The molecule has 0 atom stereocenters. The molecule has 0 amide bonds. The van der Waals surface area contributed by atoms with Crippen molar-refractivity contribution in [3.8, 4) is 6.07 Å². The van der Waals surface area contributed by atoms with Crippen molar-refractivity contribution in [1.29, 1.82) is 5.26 Å². The van der Waals surface area contributed by atoms with Crippen molar-refractivity contribution < 1.29 is 4.39 Å². The van der Waals surface area contributed by atoms with Crippen LogP contribution in [0.25, 0.3) is 0 Å². The molecule has 1 aromatic rings. The molecule has 0 aliphatic rings. The minimum Gasteiger partial charge on any atom is -0.316 e. The van der Waals surface area contributed by atoms with E-state index in [1.54, 1.807) is 12.1 Å². The van der Waals surface area contributed by atoms with Crippen LogP contribution in [0, 0.1) is 23.1 Å². The summed E-state index contributed by atoms with van der Waals surface area (Å²) in [6, 6.07) is 6.55. The normalized spacial score (nSPS) is 10.4. The quantitative estimate of drug-likeness (QED) is 0.774. The number of rotatable bonds is 5. The lowest BCUT2D eigenvalue weighted by molar-refractivity contribution is 0.554. The summed E-state index contributed by atoms with van der Waals surface area (Å²) >= 11 is 0. The maximum Gasteiger partial charge on any atom is 0.140 e. The van der Waals surface area contributed by atoms with Crippen LogP contribution >= 0.6 is 0 Å². The fraction of sp³-hybridized carbons (Fsp3) is 0.462. The van der Waals surface area contributed by atoms with Crippen molar-refractivity contribution in [1.82, 2.24) is 5.32 Å². The molecular formula is C13H17FN2. The molecule has 0 bridgehead atoms. The van der Waals surface area contributed by atoms with Gasteiger partial charge in [-0.1, -0.05) is 19.9 Å². The molecule has 0 fully saturated rings. The van der Waals surface area contributed by atoms with Crippen LogP contribution in [0.2, 0.25) is 0 Å². The highest BCUT2D eigenvalue weighted by Gasteiger charge is 2.02. The highest BCUT2D eigenvalue weighted by Crippen LogP contribution is 2.09. The Hall–Kier alpha value is -1.40. The van der Waals surface area contributed by atoms with Crippen LogP contribution < -0.4 is 5.32 Å². The highest BCUT2D eigenvalue weighted by molar-refractivity contribution is 5.34. The van der Waals surface area contributed by atoms with E-state index in [1.807, 2.05) is 6.07 Å². The smallest absolute Gasteiger partial charge is 0.140 e. The van der Waals surface area contributed by atoms with Crippen molar-refractivity contribution in [2.45, 2.75) is 20.3 Å². The average molecular weight is 220 g/mol. The molecule has 16 heavy (non-hydrogen) atoms. The summed E-state index contributed by atoms with van der Waals surface area (Å²) in [7, 11) is 0. The number of nitrogens with one attached hydrogen (secondary N) is 1. The largest absolute Gasteiger partial charge is 0.316 e. The van der Waals surface area contributed by atoms with Crippen LogP contribution in [0.15, 0.2) is 18.2 Å². The lowest BCUT2D eigenvalue weighted by Crippen LogP contribution is -2.22. The number of nitriles is 1. The first-order chi connectivity index (χ1) is 7.63. The van der Waals surface area contributed by atoms with Gasteiger partial charge in [-0.15, -0.1) is 0 Å². The van der Waals surface area contributed by atoms with Crippen LogP contribution in [-0.2, 0) is 6.42 Å². The molecule has 0 aromatic heterocycles.